The van der Waals surface area contributed by atoms with Crippen LogP contribution in [-0.4, -0.2) is 29.9 Å². The number of benzene rings is 3. The molecule has 0 fully saturated rings. The third-order valence-corrected chi connectivity index (χ3v) is 6.80. The first kappa shape index (κ1) is 26.0. The molecule has 0 spiro atoms. The molecule has 0 N–H and O–H groups in total. The van der Waals surface area contributed by atoms with Gasteiger partial charge in [0, 0.05) is 17.1 Å². The van der Waals surface area contributed by atoms with Crippen molar-refractivity contribution in [2.24, 2.45) is 0 Å². The Hall–Kier alpha value is -3.63. The predicted molar refractivity (Wildman–Crippen MR) is 138 cm³/mol. The molecule has 194 valence electrons. The first-order valence-corrected chi connectivity index (χ1v) is 12.4. The van der Waals surface area contributed by atoms with Crippen molar-refractivity contribution in [2.75, 3.05) is 13.2 Å². The second-order valence-electron chi connectivity index (χ2n) is 8.44. The molecule has 0 bridgehead atoms. The second-order valence-corrected chi connectivity index (χ2v) is 9.73. The van der Waals surface area contributed by atoms with Gasteiger partial charge in [-0.3, -0.25) is 19.3 Å². The van der Waals surface area contributed by atoms with Crippen molar-refractivity contribution >= 4 is 50.3 Å². The number of halogens is 5. The lowest BCUT2D eigenvalue weighted by molar-refractivity contribution is -0.137. The van der Waals surface area contributed by atoms with Gasteiger partial charge in [0.25, 0.3) is 11.8 Å². The van der Waals surface area contributed by atoms with Crippen LogP contribution in [0.4, 0.5) is 13.2 Å². The first-order valence-electron chi connectivity index (χ1n) is 11.3. The average molecular weight is 607 g/mol. The highest BCUT2D eigenvalue weighted by Crippen LogP contribution is 2.37. The summed E-state index contributed by atoms with van der Waals surface area (Å²) < 4.78 is 51.3. The van der Waals surface area contributed by atoms with E-state index in [9.17, 15) is 27.6 Å². The molecule has 4 aromatic rings. The van der Waals surface area contributed by atoms with Gasteiger partial charge in [-0.1, -0.05) is 35.9 Å². The van der Waals surface area contributed by atoms with E-state index in [0.29, 0.717) is 15.6 Å². The minimum Gasteiger partial charge on any atom is -0.486 e. The molecule has 0 saturated heterocycles. The lowest BCUT2D eigenvalue weighted by Gasteiger charge is -2.16. The van der Waals surface area contributed by atoms with Crippen molar-refractivity contribution in [1.82, 2.24) is 4.90 Å². The zero-order valence-corrected chi connectivity index (χ0v) is 21.6. The molecule has 1 aliphatic heterocycles. The predicted octanol–water partition coefficient (Wildman–Crippen LogP) is 6.96. The number of amides is 2. The van der Waals surface area contributed by atoms with E-state index in [4.69, 9.17) is 20.8 Å². The SMILES string of the molecule is O=C1c2ccccc2C(=O)N1CCCOc1c(-c2ccc(C(F)(F)F)cc2)oc2c(Br)cc(Cl)cc2c1=O. The fourth-order valence-corrected chi connectivity index (χ4v) is 5.07. The average Bonchev–Trinajstić information content (AvgIpc) is 3.12. The van der Waals surface area contributed by atoms with E-state index in [-0.39, 0.29) is 52.6 Å². The largest absolute Gasteiger partial charge is 0.486 e. The molecule has 2 heterocycles. The Bertz CT molecular complexity index is 1620. The van der Waals surface area contributed by atoms with E-state index < -0.39 is 29.0 Å². The molecule has 0 atom stereocenters. The number of alkyl halides is 3. The first-order chi connectivity index (χ1) is 18.1. The Morgan fingerprint density at radius 1 is 0.947 bits per heavy atom. The summed E-state index contributed by atoms with van der Waals surface area (Å²) in [5.74, 6) is -1.13. The van der Waals surface area contributed by atoms with Crippen molar-refractivity contribution in [3.05, 3.63) is 97.1 Å². The molecule has 11 heteroatoms. The van der Waals surface area contributed by atoms with Crippen LogP contribution >= 0.6 is 27.5 Å². The minimum atomic E-state index is -4.54. The Labute approximate surface area is 226 Å². The molecule has 1 aromatic heterocycles. The van der Waals surface area contributed by atoms with Crippen molar-refractivity contribution in [3.8, 4) is 17.1 Å². The molecule has 0 unspecified atom stereocenters. The lowest BCUT2D eigenvalue weighted by Crippen LogP contribution is -2.31. The van der Waals surface area contributed by atoms with Crippen molar-refractivity contribution in [1.29, 1.82) is 0 Å². The molecule has 2 amide bonds. The highest BCUT2D eigenvalue weighted by Gasteiger charge is 2.34. The van der Waals surface area contributed by atoms with E-state index in [2.05, 4.69) is 15.9 Å². The van der Waals surface area contributed by atoms with Crippen LogP contribution in [0.1, 0.15) is 32.7 Å². The maximum absolute atomic E-state index is 13.4. The van der Waals surface area contributed by atoms with E-state index in [0.717, 1.165) is 17.0 Å². The van der Waals surface area contributed by atoms with Crippen molar-refractivity contribution in [3.63, 3.8) is 0 Å². The normalized spacial score (nSPS) is 13.3. The maximum Gasteiger partial charge on any atom is 0.416 e. The van der Waals surface area contributed by atoms with E-state index in [1.54, 1.807) is 24.3 Å². The highest BCUT2D eigenvalue weighted by molar-refractivity contribution is 9.10. The standard InChI is InChI=1S/C27H16BrClF3NO5/c28-20-13-16(29)12-19-21(34)24(22(38-23(19)20)14-6-8-15(9-7-14)27(30,31)32)37-11-3-10-33-25(35)17-4-1-2-5-18(17)26(33)36/h1-2,4-9,12-13H,3,10-11H2. The topological polar surface area (TPSA) is 76.8 Å². The summed E-state index contributed by atoms with van der Waals surface area (Å²) in [6.07, 6.45) is -4.35. The van der Waals surface area contributed by atoms with Gasteiger partial charge in [-0.2, -0.15) is 13.2 Å². The second kappa shape index (κ2) is 9.92. The Balaban J connectivity index is 1.44. The molecule has 0 aliphatic carbocycles. The number of carbonyl (C=O) groups is 2. The van der Waals surface area contributed by atoms with Gasteiger partial charge >= 0.3 is 6.18 Å². The Morgan fingerprint density at radius 2 is 1.58 bits per heavy atom. The van der Waals surface area contributed by atoms with Gasteiger partial charge in [-0.15, -0.1) is 0 Å². The molecule has 0 radical (unpaired) electrons. The third-order valence-electron chi connectivity index (χ3n) is 5.99. The Morgan fingerprint density at radius 3 is 2.18 bits per heavy atom. The summed E-state index contributed by atoms with van der Waals surface area (Å²) >= 11 is 9.40. The summed E-state index contributed by atoms with van der Waals surface area (Å²) in [4.78, 5) is 39.6. The van der Waals surface area contributed by atoms with Crippen LogP contribution in [0.25, 0.3) is 22.3 Å². The molecule has 3 aromatic carbocycles. The summed E-state index contributed by atoms with van der Waals surface area (Å²) in [5.41, 5.74) is -0.464. The summed E-state index contributed by atoms with van der Waals surface area (Å²) in [5, 5.41) is 0.367. The molecule has 6 nitrogen and oxygen atoms in total. The van der Waals surface area contributed by atoms with Crippen molar-refractivity contribution < 1.29 is 31.9 Å². The quantitative estimate of drug-likeness (QED) is 0.175. The van der Waals surface area contributed by atoms with Crippen LogP contribution in [0.3, 0.4) is 0 Å². The Kier molecular flexibility index (Phi) is 6.79. The fourth-order valence-electron chi connectivity index (χ4n) is 4.18. The minimum absolute atomic E-state index is 0.0399. The summed E-state index contributed by atoms with van der Waals surface area (Å²) in [6, 6.07) is 13.5. The maximum atomic E-state index is 13.4. The number of rotatable bonds is 6. The number of ether oxygens (including phenoxy) is 1. The molecule has 0 saturated carbocycles. The van der Waals surface area contributed by atoms with E-state index in [1.807, 2.05) is 0 Å². The van der Waals surface area contributed by atoms with E-state index >= 15 is 0 Å². The van der Waals surface area contributed by atoms with Crippen LogP contribution in [0.2, 0.25) is 5.02 Å². The third kappa shape index (κ3) is 4.69. The fraction of sp³-hybridized carbons (Fsp3) is 0.148. The molecule has 1 aliphatic rings. The molecular formula is C27H16BrClF3NO5. The lowest BCUT2D eigenvalue weighted by atomic mass is 10.1. The number of nitrogens with zero attached hydrogens (tertiary/aromatic N) is 1. The van der Waals surface area contributed by atoms with E-state index in [1.165, 1.54) is 24.3 Å². The van der Waals surface area contributed by atoms with Gasteiger partial charge in [-0.25, -0.2) is 0 Å². The summed E-state index contributed by atoms with van der Waals surface area (Å²) in [6.45, 7) is -0.0444. The van der Waals surface area contributed by atoms with Gasteiger partial charge < -0.3 is 9.15 Å². The summed E-state index contributed by atoms with van der Waals surface area (Å²) in [7, 11) is 0. The van der Waals surface area contributed by atoms with Crippen LogP contribution in [0.15, 0.2) is 74.3 Å². The van der Waals surface area contributed by atoms with Crippen LogP contribution in [0.5, 0.6) is 5.75 Å². The number of carbonyl (C=O) groups excluding carboxylic acids is 2. The molecule has 38 heavy (non-hydrogen) atoms. The zero-order valence-electron chi connectivity index (χ0n) is 19.3. The van der Waals surface area contributed by atoms with Gasteiger partial charge in [0.15, 0.2) is 11.3 Å². The van der Waals surface area contributed by atoms with Crippen LogP contribution in [-0.2, 0) is 6.18 Å². The number of hydrogen-bond acceptors (Lipinski definition) is 5. The van der Waals surface area contributed by atoms with Gasteiger partial charge in [0.1, 0.15) is 0 Å². The zero-order chi connectivity index (χ0) is 27.2. The number of hydrogen-bond donors (Lipinski definition) is 0. The number of fused-ring (bicyclic) bond motifs is 2. The van der Waals surface area contributed by atoms with Crippen molar-refractivity contribution in [2.45, 2.75) is 12.6 Å². The molecular weight excluding hydrogens is 591 g/mol. The van der Waals surface area contributed by atoms with Crippen LogP contribution < -0.4 is 10.2 Å². The number of imide groups is 1. The highest BCUT2D eigenvalue weighted by atomic mass is 79.9. The monoisotopic (exact) mass is 605 g/mol. The van der Waals surface area contributed by atoms with Crippen LogP contribution in [0, 0.1) is 0 Å². The molecule has 5 rings (SSSR count). The van der Waals surface area contributed by atoms with Gasteiger partial charge in [0.2, 0.25) is 11.2 Å². The van der Waals surface area contributed by atoms with Gasteiger partial charge in [0.05, 0.1) is 33.2 Å². The van der Waals surface area contributed by atoms with Gasteiger partial charge in [-0.05, 0) is 58.7 Å². The smallest absolute Gasteiger partial charge is 0.416 e.